The summed E-state index contributed by atoms with van der Waals surface area (Å²) >= 11 is 3.26. The molecule has 1 aromatic rings. The zero-order valence-corrected chi connectivity index (χ0v) is 11.8. The van der Waals surface area contributed by atoms with E-state index in [1.54, 1.807) is 12.1 Å². The van der Waals surface area contributed by atoms with Crippen LogP contribution in [-0.4, -0.2) is 11.1 Å². The molecule has 0 unspecified atom stereocenters. The van der Waals surface area contributed by atoms with Crippen LogP contribution in [0.25, 0.3) is 0 Å². The van der Waals surface area contributed by atoms with Gasteiger partial charge in [-0.1, -0.05) is 28.1 Å². The fourth-order valence-electron chi connectivity index (χ4n) is 0.777. The molecule has 0 bridgehead atoms. The standard InChI is InChI=1S/C8H7BrO2.C4H9.Li/c9-7-3-1-6(2-4-7)5-8(10)11;1-4(2)3;/h1-4H,5H2,(H,10,11);1-3H3;/q;-1;+1. The van der Waals surface area contributed by atoms with E-state index in [9.17, 15) is 4.79 Å². The predicted molar refractivity (Wildman–Crippen MR) is 65.7 cm³/mol. The smallest absolute Gasteiger partial charge is 0.481 e. The minimum atomic E-state index is -0.799. The minimum absolute atomic E-state index is 0. The van der Waals surface area contributed by atoms with E-state index in [0.717, 1.165) is 10.0 Å². The van der Waals surface area contributed by atoms with Crippen molar-refractivity contribution < 1.29 is 28.8 Å². The van der Waals surface area contributed by atoms with Crippen LogP contribution < -0.4 is 18.9 Å². The van der Waals surface area contributed by atoms with Gasteiger partial charge in [-0.05, 0) is 17.7 Å². The van der Waals surface area contributed by atoms with Crippen LogP contribution in [0.5, 0.6) is 0 Å². The first-order valence-corrected chi connectivity index (χ1v) is 5.44. The summed E-state index contributed by atoms with van der Waals surface area (Å²) in [5.74, 6) is 0.618. The molecule has 0 saturated heterocycles. The Hall–Kier alpha value is -0.233. The van der Waals surface area contributed by atoms with Crippen LogP contribution in [0, 0.1) is 5.92 Å². The number of hydrogen-bond donors (Lipinski definition) is 1. The molecule has 2 nitrogen and oxygen atoms in total. The molecule has 0 radical (unpaired) electrons. The van der Waals surface area contributed by atoms with Gasteiger partial charge in [0.1, 0.15) is 0 Å². The third kappa shape index (κ3) is 11.8. The van der Waals surface area contributed by atoms with Crippen LogP contribution in [0.1, 0.15) is 26.3 Å². The van der Waals surface area contributed by atoms with E-state index >= 15 is 0 Å². The van der Waals surface area contributed by atoms with Gasteiger partial charge in [0.15, 0.2) is 0 Å². The Morgan fingerprint density at radius 1 is 1.25 bits per heavy atom. The summed E-state index contributed by atoms with van der Waals surface area (Å²) in [5, 5.41) is 8.42. The topological polar surface area (TPSA) is 37.3 Å². The zero-order valence-electron chi connectivity index (χ0n) is 10.2. The molecule has 16 heavy (non-hydrogen) atoms. The summed E-state index contributed by atoms with van der Waals surface area (Å²) in [6.07, 6.45) is 0.0906. The second kappa shape index (κ2) is 9.96. The van der Waals surface area contributed by atoms with Crippen LogP contribution in [0.15, 0.2) is 28.7 Å². The van der Waals surface area contributed by atoms with E-state index in [0.29, 0.717) is 0 Å². The molecule has 0 aliphatic heterocycles. The Bertz CT molecular complexity index is 294. The number of aliphatic carboxylic acids is 1. The van der Waals surface area contributed by atoms with Gasteiger partial charge in [0, 0.05) is 4.47 Å². The van der Waals surface area contributed by atoms with E-state index in [1.165, 1.54) is 5.92 Å². The number of rotatable bonds is 2. The number of benzene rings is 1. The Kier molecular flexibility index (Phi) is 11.3. The molecule has 0 aromatic heterocycles. The summed E-state index contributed by atoms with van der Waals surface area (Å²) in [4.78, 5) is 10.2. The first-order valence-electron chi connectivity index (χ1n) is 4.65. The van der Waals surface area contributed by atoms with Crippen LogP contribution in [0.3, 0.4) is 0 Å². The Balaban J connectivity index is 0. The molecule has 84 valence electrons. The maximum atomic E-state index is 10.2. The molecule has 0 aliphatic rings. The normalized spacial score (nSPS) is 8.81. The molecule has 0 saturated carbocycles. The largest absolute Gasteiger partial charge is 1.00 e. The van der Waals surface area contributed by atoms with E-state index in [4.69, 9.17) is 5.11 Å². The van der Waals surface area contributed by atoms with Crippen molar-refractivity contribution in [2.45, 2.75) is 27.2 Å². The van der Waals surface area contributed by atoms with Crippen molar-refractivity contribution in [1.29, 1.82) is 0 Å². The van der Waals surface area contributed by atoms with Gasteiger partial charge < -0.3 is 11.0 Å². The summed E-state index contributed by atoms with van der Waals surface area (Å²) in [7, 11) is 0. The minimum Gasteiger partial charge on any atom is -0.481 e. The van der Waals surface area contributed by atoms with Crippen LogP contribution in [0.2, 0.25) is 0 Å². The molecule has 1 aromatic carbocycles. The van der Waals surface area contributed by atoms with E-state index in [1.807, 2.05) is 12.1 Å². The molecule has 1 N–H and O–H groups in total. The molecule has 0 fully saturated rings. The number of carbonyl (C=O) groups is 1. The number of hydrogen-bond acceptors (Lipinski definition) is 1. The van der Waals surface area contributed by atoms with Crippen molar-refractivity contribution in [2.75, 3.05) is 0 Å². The molecular weight excluding hydrogens is 263 g/mol. The first kappa shape index (κ1) is 18.1. The number of halogens is 1. The number of carboxylic acid groups (broad SMARTS) is 1. The van der Waals surface area contributed by atoms with Gasteiger partial charge in [-0.25, -0.2) is 0 Å². The summed E-state index contributed by atoms with van der Waals surface area (Å²) in [5.41, 5.74) is 0.820. The fourth-order valence-corrected chi connectivity index (χ4v) is 1.04. The molecule has 1 rings (SSSR count). The summed E-state index contributed by atoms with van der Waals surface area (Å²) in [6.45, 7) is 6.25. The van der Waals surface area contributed by atoms with E-state index in [-0.39, 0.29) is 25.3 Å². The molecule has 0 amide bonds. The second-order valence-electron chi connectivity index (χ2n) is 3.70. The van der Waals surface area contributed by atoms with Gasteiger partial charge >= 0.3 is 24.8 Å². The van der Waals surface area contributed by atoms with Crippen molar-refractivity contribution in [1.82, 2.24) is 0 Å². The fraction of sp³-hybridized carbons (Fsp3) is 0.333. The van der Waals surface area contributed by atoms with Crippen molar-refractivity contribution >= 4 is 21.9 Å². The molecule has 4 heteroatoms. The zero-order chi connectivity index (χ0) is 11.8. The van der Waals surface area contributed by atoms with Gasteiger partial charge in [-0.3, -0.25) is 4.79 Å². The molecule has 0 heterocycles. The predicted octanol–water partition coefficient (Wildman–Crippen LogP) is 0.701. The summed E-state index contributed by atoms with van der Waals surface area (Å²) < 4.78 is 0.964. The molecule has 0 aliphatic carbocycles. The maximum Gasteiger partial charge on any atom is 1.00 e. The molecule has 0 spiro atoms. The Morgan fingerprint density at radius 2 is 1.62 bits per heavy atom. The summed E-state index contributed by atoms with van der Waals surface area (Å²) in [6, 6.07) is 7.24. The van der Waals surface area contributed by atoms with Crippen molar-refractivity contribution in [3.63, 3.8) is 0 Å². The first-order chi connectivity index (χ1) is 6.91. The Labute approximate surface area is 118 Å². The third-order valence-electron chi connectivity index (χ3n) is 1.27. The molecular formula is C12H16BrLiO2. The van der Waals surface area contributed by atoms with Gasteiger partial charge in [0.25, 0.3) is 0 Å². The van der Waals surface area contributed by atoms with Gasteiger partial charge in [0.05, 0.1) is 6.42 Å². The quantitative estimate of drug-likeness (QED) is 0.639. The second-order valence-corrected chi connectivity index (χ2v) is 4.61. The van der Waals surface area contributed by atoms with Crippen molar-refractivity contribution in [2.24, 2.45) is 0 Å². The third-order valence-corrected chi connectivity index (χ3v) is 1.80. The van der Waals surface area contributed by atoms with Crippen molar-refractivity contribution in [3.8, 4) is 0 Å². The van der Waals surface area contributed by atoms with E-state index < -0.39 is 5.97 Å². The maximum absolute atomic E-state index is 10.2. The van der Waals surface area contributed by atoms with Crippen LogP contribution in [-0.2, 0) is 11.2 Å². The average Bonchev–Trinajstić information content (AvgIpc) is 2.07. The van der Waals surface area contributed by atoms with Gasteiger partial charge in [-0.2, -0.15) is 20.8 Å². The SMILES string of the molecule is C[C-](C)C.O=C(O)Cc1ccc(Br)cc1.[Li+]. The van der Waals surface area contributed by atoms with Gasteiger partial charge in [-0.15, -0.1) is 0 Å². The Morgan fingerprint density at radius 3 is 1.94 bits per heavy atom. The van der Waals surface area contributed by atoms with Gasteiger partial charge in [0.2, 0.25) is 0 Å². The van der Waals surface area contributed by atoms with Crippen LogP contribution in [0.4, 0.5) is 0 Å². The van der Waals surface area contributed by atoms with E-state index in [2.05, 4.69) is 36.7 Å². The van der Waals surface area contributed by atoms with Crippen molar-refractivity contribution in [3.05, 3.63) is 40.2 Å². The monoisotopic (exact) mass is 278 g/mol. The average molecular weight is 279 g/mol. The molecule has 0 atom stereocenters. The van der Waals surface area contributed by atoms with Crippen LogP contribution >= 0.6 is 15.9 Å². The number of carboxylic acids is 1.